The molecule has 1 aliphatic rings. The Morgan fingerprint density at radius 1 is 1.53 bits per heavy atom. The highest BCUT2D eigenvalue weighted by Crippen LogP contribution is 2.25. The lowest BCUT2D eigenvalue weighted by Crippen LogP contribution is -2.36. The van der Waals surface area contributed by atoms with Crippen LogP contribution in [0.1, 0.15) is 18.1 Å². The molecule has 1 heterocycles. The Hall–Kier alpha value is -1.42. The van der Waals surface area contributed by atoms with Crippen molar-refractivity contribution in [1.82, 2.24) is 0 Å². The van der Waals surface area contributed by atoms with Crippen LogP contribution in [0.4, 0.5) is 5.69 Å². The molecular weight excluding hydrogens is 258 g/mol. The highest BCUT2D eigenvalue weighted by atomic mass is 32.2. The monoisotopic (exact) mass is 277 g/mol. The van der Waals surface area contributed by atoms with Gasteiger partial charge in [0.05, 0.1) is 0 Å². The van der Waals surface area contributed by atoms with Gasteiger partial charge in [0.2, 0.25) is 0 Å². The van der Waals surface area contributed by atoms with Gasteiger partial charge in [0, 0.05) is 35.9 Å². The third-order valence-electron chi connectivity index (χ3n) is 3.27. The zero-order valence-corrected chi connectivity index (χ0v) is 12.1. The molecule has 0 aliphatic carbocycles. The normalized spacial score (nSPS) is 19.9. The molecule has 102 valence electrons. The maximum absolute atomic E-state index is 10.5. The molecule has 0 amide bonds. The van der Waals surface area contributed by atoms with Gasteiger partial charge in [-0.1, -0.05) is 13.0 Å². The summed E-state index contributed by atoms with van der Waals surface area (Å²) in [5, 5.41) is 9.32. The average Bonchev–Trinajstić information content (AvgIpc) is 2.37. The van der Waals surface area contributed by atoms with Crippen LogP contribution >= 0.6 is 11.8 Å². The fourth-order valence-electron chi connectivity index (χ4n) is 2.26. The Balaban J connectivity index is 2.16. The van der Waals surface area contributed by atoms with Gasteiger partial charge in [0.1, 0.15) is 0 Å². The van der Waals surface area contributed by atoms with Crippen LogP contribution in [0.25, 0.3) is 6.08 Å². The van der Waals surface area contributed by atoms with E-state index >= 15 is 0 Å². The van der Waals surface area contributed by atoms with E-state index in [9.17, 15) is 4.79 Å². The summed E-state index contributed by atoms with van der Waals surface area (Å²) < 4.78 is 0. The van der Waals surface area contributed by atoms with Crippen LogP contribution in [0.5, 0.6) is 0 Å². The SMILES string of the molecule is Cc1cc(N2CCSC(C)C2)ccc1/C=C/C(=O)O. The summed E-state index contributed by atoms with van der Waals surface area (Å²) in [6.07, 6.45) is 2.83. The van der Waals surface area contributed by atoms with Crippen LogP contribution in [-0.2, 0) is 4.79 Å². The standard InChI is InChI=1S/C15H19NO2S/c1-11-9-14(16-7-8-19-12(2)10-16)5-3-13(11)4-6-15(17)18/h3-6,9,12H,7-8,10H2,1-2H3,(H,17,18)/b6-4+. The molecule has 1 aliphatic heterocycles. The lowest BCUT2D eigenvalue weighted by atomic mass is 10.1. The molecule has 4 heteroatoms. The van der Waals surface area contributed by atoms with Crippen molar-refractivity contribution >= 4 is 29.5 Å². The highest BCUT2D eigenvalue weighted by Gasteiger charge is 2.17. The Bertz CT molecular complexity index is 499. The van der Waals surface area contributed by atoms with Gasteiger partial charge in [-0.05, 0) is 36.3 Å². The first-order chi connectivity index (χ1) is 9.06. The summed E-state index contributed by atoms with van der Waals surface area (Å²) in [4.78, 5) is 12.9. The Morgan fingerprint density at radius 2 is 2.32 bits per heavy atom. The second kappa shape index (κ2) is 6.15. The predicted molar refractivity (Wildman–Crippen MR) is 82.0 cm³/mol. The van der Waals surface area contributed by atoms with E-state index in [-0.39, 0.29) is 0 Å². The molecule has 1 N–H and O–H groups in total. The van der Waals surface area contributed by atoms with E-state index in [1.165, 1.54) is 17.5 Å². The molecule has 1 aromatic carbocycles. The molecule has 2 rings (SSSR count). The van der Waals surface area contributed by atoms with Gasteiger partial charge in [0.25, 0.3) is 0 Å². The van der Waals surface area contributed by atoms with Crippen molar-refractivity contribution in [2.45, 2.75) is 19.1 Å². The van der Waals surface area contributed by atoms with Crippen molar-refractivity contribution in [2.24, 2.45) is 0 Å². The number of carbonyl (C=O) groups is 1. The first kappa shape index (κ1) is 14.0. The van der Waals surface area contributed by atoms with Gasteiger partial charge in [-0.3, -0.25) is 0 Å². The van der Waals surface area contributed by atoms with Crippen molar-refractivity contribution in [2.75, 3.05) is 23.7 Å². The van der Waals surface area contributed by atoms with Gasteiger partial charge < -0.3 is 10.0 Å². The molecule has 0 bridgehead atoms. The molecule has 0 aromatic heterocycles. The highest BCUT2D eigenvalue weighted by molar-refractivity contribution is 8.00. The zero-order valence-electron chi connectivity index (χ0n) is 11.3. The molecule has 0 spiro atoms. The van der Waals surface area contributed by atoms with Crippen molar-refractivity contribution < 1.29 is 9.90 Å². The van der Waals surface area contributed by atoms with Crippen molar-refractivity contribution in [1.29, 1.82) is 0 Å². The van der Waals surface area contributed by atoms with E-state index in [1.807, 2.05) is 24.8 Å². The summed E-state index contributed by atoms with van der Waals surface area (Å²) in [6, 6.07) is 6.22. The lowest BCUT2D eigenvalue weighted by Gasteiger charge is -2.32. The smallest absolute Gasteiger partial charge is 0.328 e. The van der Waals surface area contributed by atoms with E-state index in [0.29, 0.717) is 5.25 Å². The van der Waals surface area contributed by atoms with E-state index < -0.39 is 5.97 Å². The Kier molecular flexibility index (Phi) is 4.53. The average molecular weight is 277 g/mol. The minimum absolute atomic E-state index is 0.667. The molecule has 3 nitrogen and oxygen atoms in total. The topological polar surface area (TPSA) is 40.5 Å². The number of thioether (sulfide) groups is 1. The number of aryl methyl sites for hydroxylation is 1. The maximum Gasteiger partial charge on any atom is 0.328 e. The third-order valence-corrected chi connectivity index (χ3v) is 4.40. The van der Waals surface area contributed by atoms with E-state index in [1.54, 1.807) is 6.08 Å². The number of aliphatic carboxylic acids is 1. The van der Waals surface area contributed by atoms with Gasteiger partial charge in [-0.25, -0.2) is 4.79 Å². The second-order valence-electron chi connectivity index (χ2n) is 4.84. The Labute approximate surface area is 118 Å². The van der Waals surface area contributed by atoms with Crippen LogP contribution in [0.2, 0.25) is 0 Å². The van der Waals surface area contributed by atoms with Gasteiger partial charge in [-0.15, -0.1) is 0 Å². The minimum atomic E-state index is -0.912. The number of hydrogen-bond acceptors (Lipinski definition) is 3. The molecule has 1 aromatic rings. The number of benzene rings is 1. The van der Waals surface area contributed by atoms with Crippen molar-refractivity contribution in [3.63, 3.8) is 0 Å². The largest absolute Gasteiger partial charge is 0.478 e. The van der Waals surface area contributed by atoms with E-state index in [0.717, 1.165) is 24.2 Å². The molecule has 1 saturated heterocycles. The quantitative estimate of drug-likeness (QED) is 0.862. The Morgan fingerprint density at radius 3 is 2.95 bits per heavy atom. The summed E-state index contributed by atoms with van der Waals surface area (Å²) in [5.41, 5.74) is 3.31. The summed E-state index contributed by atoms with van der Waals surface area (Å²) in [6.45, 7) is 6.44. The zero-order chi connectivity index (χ0) is 13.8. The molecule has 0 radical (unpaired) electrons. The van der Waals surface area contributed by atoms with Gasteiger partial charge in [-0.2, -0.15) is 11.8 Å². The van der Waals surface area contributed by atoms with Crippen LogP contribution < -0.4 is 4.90 Å². The number of carboxylic acid groups (broad SMARTS) is 1. The third kappa shape index (κ3) is 3.77. The molecular formula is C15H19NO2S. The molecule has 19 heavy (non-hydrogen) atoms. The summed E-state index contributed by atoms with van der Waals surface area (Å²) in [7, 11) is 0. The second-order valence-corrected chi connectivity index (χ2v) is 6.39. The lowest BCUT2D eigenvalue weighted by molar-refractivity contribution is -0.131. The minimum Gasteiger partial charge on any atom is -0.478 e. The van der Waals surface area contributed by atoms with Crippen molar-refractivity contribution in [3.8, 4) is 0 Å². The maximum atomic E-state index is 10.5. The van der Waals surface area contributed by atoms with Crippen molar-refractivity contribution in [3.05, 3.63) is 35.4 Å². The predicted octanol–water partition coefficient (Wildman–Crippen LogP) is 3.03. The summed E-state index contributed by atoms with van der Waals surface area (Å²) >= 11 is 2.02. The van der Waals surface area contributed by atoms with Crippen LogP contribution in [0.15, 0.2) is 24.3 Å². The molecule has 1 atom stereocenters. The van der Waals surface area contributed by atoms with Crippen LogP contribution in [0.3, 0.4) is 0 Å². The molecule has 1 fully saturated rings. The first-order valence-corrected chi connectivity index (χ1v) is 7.49. The number of carboxylic acids is 1. The fraction of sp³-hybridized carbons (Fsp3) is 0.400. The van der Waals surface area contributed by atoms with E-state index in [2.05, 4.69) is 24.0 Å². The fourth-order valence-corrected chi connectivity index (χ4v) is 3.27. The summed E-state index contributed by atoms with van der Waals surface area (Å²) in [5.74, 6) is 0.256. The molecule has 1 unspecified atom stereocenters. The first-order valence-electron chi connectivity index (χ1n) is 6.44. The van der Waals surface area contributed by atoms with Gasteiger partial charge in [0.15, 0.2) is 0 Å². The molecule has 0 saturated carbocycles. The number of hydrogen-bond donors (Lipinski definition) is 1. The van der Waals surface area contributed by atoms with Crippen LogP contribution in [0, 0.1) is 6.92 Å². The van der Waals surface area contributed by atoms with Gasteiger partial charge >= 0.3 is 5.97 Å². The number of nitrogens with zero attached hydrogens (tertiary/aromatic N) is 1. The number of anilines is 1. The number of rotatable bonds is 3. The van der Waals surface area contributed by atoms with Crippen LogP contribution in [-0.4, -0.2) is 35.2 Å². The van der Waals surface area contributed by atoms with E-state index in [4.69, 9.17) is 5.11 Å².